The lowest BCUT2D eigenvalue weighted by Crippen LogP contribution is -2.50. The van der Waals surface area contributed by atoms with Crippen LogP contribution in [0.15, 0.2) is 109 Å². The number of hydrogen-bond donors (Lipinski definition) is 0. The molecule has 44 heavy (non-hydrogen) atoms. The fourth-order valence-electron chi connectivity index (χ4n) is 7.49. The first-order valence-electron chi connectivity index (χ1n) is 14.3. The summed E-state index contributed by atoms with van der Waals surface area (Å²) in [6.07, 6.45) is 0. The van der Waals surface area contributed by atoms with Gasteiger partial charge in [-0.25, -0.2) is 28.6 Å². The van der Waals surface area contributed by atoms with Crippen molar-refractivity contribution >= 4 is 35.0 Å². The Kier molecular flexibility index (Phi) is 5.87. The standard InChI is InChI=1S/C34H24F2N4O4/c35-21-11-15-23(16-12-21)37-31(41)25-27(19-7-3-1-4-8-19)39-30-26(32(42)38(34(30)44)24-17-13-22(36)14-18-24)28(20-9-5-2-6-10-20)40(39)29(25)33(37)43/h1-18,25-30H/t25-,26-,27+,28+,29-,30+/m0/s1. The van der Waals surface area contributed by atoms with E-state index in [1.165, 1.54) is 48.5 Å². The van der Waals surface area contributed by atoms with Crippen molar-refractivity contribution < 1.29 is 28.0 Å². The number of carbonyl (C=O) groups excluding carboxylic acids is 4. The minimum Gasteiger partial charge on any atom is -0.274 e. The maximum atomic E-state index is 14.3. The molecule has 6 atom stereocenters. The summed E-state index contributed by atoms with van der Waals surface area (Å²) in [5.74, 6) is -4.77. The molecular formula is C34H24F2N4O4. The quantitative estimate of drug-likeness (QED) is 0.328. The largest absolute Gasteiger partial charge is 0.274 e. The van der Waals surface area contributed by atoms with E-state index in [0.29, 0.717) is 11.1 Å². The number of halogens is 2. The molecule has 8 rings (SSSR count). The molecule has 0 aromatic heterocycles. The molecule has 4 saturated heterocycles. The van der Waals surface area contributed by atoms with Crippen LogP contribution in [0.2, 0.25) is 0 Å². The van der Waals surface area contributed by atoms with Crippen molar-refractivity contribution in [3.05, 3.63) is 132 Å². The van der Waals surface area contributed by atoms with Gasteiger partial charge in [0, 0.05) is 0 Å². The molecule has 0 spiro atoms. The molecule has 4 fully saturated rings. The molecule has 0 bridgehead atoms. The van der Waals surface area contributed by atoms with E-state index in [1.54, 1.807) is 10.0 Å². The van der Waals surface area contributed by atoms with Gasteiger partial charge in [-0.2, -0.15) is 0 Å². The van der Waals surface area contributed by atoms with Crippen LogP contribution in [0.25, 0.3) is 0 Å². The molecule has 4 heterocycles. The molecule has 4 aromatic rings. The summed E-state index contributed by atoms with van der Waals surface area (Å²) in [5, 5.41) is 3.54. The van der Waals surface area contributed by atoms with Crippen LogP contribution in [-0.2, 0) is 19.2 Å². The average molecular weight is 591 g/mol. The number of carbonyl (C=O) groups is 4. The number of nitrogens with zero attached hydrogens (tertiary/aromatic N) is 4. The third-order valence-corrected chi connectivity index (χ3v) is 9.18. The van der Waals surface area contributed by atoms with Gasteiger partial charge in [0.25, 0.3) is 11.8 Å². The van der Waals surface area contributed by atoms with Gasteiger partial charge in [-0.15, -0.1) is 0 Å². The maximum absolute atomic E-state index is 14.3. The molecule has 8 nitrogen and oxygen atoms in total. The van der Waals surface area contributed by atoms with Crippen molar-refractivity contribution in [3.63, 3.8) is 0 Å². The number of hydrogen-bond acceptors (Lipinski definition) is 6. The molecule has 4 aliphatic heterocycles. The fraction of sp³-hybridized carbons (Fsp3) is 0.176. The van der Waals surface area contributed by atoms with Crippen LogP contribution in [0.4, 0.5) is 20.2 Å². The van der Waals surface area contributed by atoms with Crippen LogP contribution < -0.4 is 9.80 Å². The smallest absolute Gasteiger partial charge is 0.253 e. The lowest BCUT2D eigenvalue weighted by molar-refractivity contribution is -0.136. The first-order valence-corrected chi connectivity index (χ1v) is 14.3. The summed E-state index contributed by atoms with van der Waals surface area (Å²) in [5.41, 5.74) is 1.92. The summed E-state index contributed by atoms with van der Waals surface area (Å²) in [6, 6.07) is 25.1. The van der Waals surface area contributed by atoms with E-state index in [4.69, 9.17) is 0 Å². The monoisotopic (exact) mass is 590 g/mol. The van der Waals surface area contributed by atoms with E-state index in [1.807, 2.05) is 60.7 Å². The van der Waals surface area contributed by atoms with Crippen molar-refractivity contribution in [1.29, 1.82) is 0 Å². The number of hydrazine groups is 1. The molecule has 4 aliphatic rings. The van der Waals surface area contributed by atoms with Crippen molar-refractivity contribution in [3.8, 4) is 0 Å². The maximum Gasteiger partial charge on any atom is 0.253 e. The topological polar surface area (TPSA) is 81.2 Å². The Morgan fingerprint density at radius 3 is 1.09 bits per heavy atom. The molecule has 10 heteroatoms. The Bertz CT molecular complexity index is 1690. The molecule has 0 saturated carbocycles. The number of benzene rings is 4. The van der Waals surface area contributed by atoms with Crippen LogP contribution in [0.3, 0.4) is 0 Å². The van der Waals surface area contributed by atoms with E-state index in [2.05, 4.69) is 0 Å². The third kappa shape index (κ3) is 3.61. The van der Waals surface area contributed by atoms with Gasteiger partial charge >= 0.3 is 0 Å². The second kappa shape index (κ2) is 9.73. The third-order valence-electron chi connectivity index (χ3n) is 9.18. The lowest BCUT2D eigenvalue weighted by atomic mass is 9.84. The Labute approximate surface area is 250 Å². The fourth-order valence-corrected chi connectivity index (χ4v) is 7.49. The molecule has 4 amide bonds. The minimum absolute atomic E-state index is 0.249. The molecular weight excluding hydrogens is 566 g/mol. The van der Waals surface area contributed by atoms with Gasteiger partial charge in [0.15, 0.2) is 0 Å². The average Bonchev–Trinajstić information content (AvgIpc) is 3.71. The first kappa shape index (κ1) is 26.6. The number of anilines is 2. The highest BCUT2D eigenvalue weighted by Crippen LogP contribution is 2.59. The Hall–Kier alpha value is -5.06. The van der Waals surface area contributed by atoms with Crippen molar-refractivity contribution in [2.24, 2.45) is 11.8 Å². The zero-order chi connectivity index (χ0) is 30.3. The summed E-state index contributed by atoms with van der Waals surface area (Å²) in [4.78, 5) is 59.3. The summed E-state index contributed by atoms with van der Waals surface area (Å²) < 4.78 is 27.6. The normalized spacial score (nSPS) is 28.1. The number of imide groups is 2. The highest BCUT2D eigenvalue weighted by molar-refractivity contribution is 6.26. The second-order valence-corrected chi connectivity index (χ2v) is 11.4. The predicted octanol–water partition coefficient (Wildman–Crippen LogP) is 4.41. The van der Waals surface area contributed by atoms with E-state index >= 15 is 0 Å². The first-order chi connectivity index (χ1) is 21.4. The number of rotatable bonds is 4. The Morgan fingerprint density at radius 1 is 0.409 bits per heavy atom. The molecule has 0 aliphatic carbocycles. The Balaban J connectivity index is 1.32. The Morgan fingerprint density at radius 2 is 0.750 bits per heavy atom. The SMILES string of the molecule is O=C1[C@@H]2[C@@H](C(=O)N1c1ccc(F)cc1)N1[C@H](c3ccccc3)[C@@H]3C(=O)N(c4ccc(F)cc4)C(=O)[C@@H]3N1[C@@H]2c1ccccc1. The van der Waals surface area contributed by atoms with Crippen molar-refractivity contribution in [2.75, 3.05) is 9.80 Å². The van der Waals surface area contributed by atoms with E-state index in [9.17, 15) is 28.0 Å². The molecule has 4 aromatic carbocycles. The molecule has 218 valence electrons. The van der Waals surface area contributed by atoms with Crippen LogP contribution in [-0.4, -0.2) is 45.7 Å². The second-order valence-electron chi connectivity index (χ2n) is 11.4. The van der Waals surface area contributed by atoms with Crippen LogP contribution >= 0.6 is 0 Å². The van der Waals surface area contributed by atoms with Gasteiger partial charge in [-0.05, 0) is 59.7 Å². The van der Waals surface area contributed by atoms with Gasteiger partial charge in [-0.3, -0.25) is 19.2 Å². The summed E-state index contributed by atoms with van der Waals surface area (Å²) in [7, 11) is 0. The summed E-state index contributed by atoms with van der Waals surface area (Å²) in [6.45, 7) is 0. The van der Waals surface area contributed by atoms with E-state index in [0.717, 1.165) is 9.80 Å². The highest BCUT2D eigenvalue weighted by Gasteiger charge is 2.73. The number of amides is 4. The van der Waals surface area contributed by atoms with Crippen molar-refractivity contribution in [2.45, 2.75) is 24.2 Å². The van der Waals surface area contributed by atoms with Gasteiger partial charge in [0.2, 0.25) is 11.8 Å². The zero-order valence-corrected chi connectivity index (χ0v) is 23.0. The molecule has 0 N–H and O–H groups in total. The van der Waals surface area contributed by atoms with Crippen LogP contribution in [0.5, 0.6) is 0 Å². The van der Waals surface area contributed by atoms with E-state index in [-0.39, 0.29) is 11.4 Å². The van der Waals surface area contributed by atoms with Crippen LogP contribution in [0.1, 0.15) is 23.2 Å². The van der Waals surface area contributed by atoms with Gasteiger partial charge in [0.1, 0.15) is 23.7 Å². The van der Waals surface area contributed by atoms with Gasteiger partial charge in [-0.1, -0.05) is 60.7 Å². The number of fused-ring (bicyclic) bond motifs is 5. The highest BCUT2D eigenvalue weighted by atomic mass is 19.1. The van der Waals surface area contributed by atoms with E-state index < -0.39 is 71.3 Å². The lowest BCUT2D eigenvalue weighted by Gasteiger charge is -2.35. The van der Waals surface area contributed by atoms with Crippen molar-refractivity contribution in [1.82, 2.24) is 10.0 Å². The minimum atomic E-state index is -1.02. The van der Waals surface area contributed by atoms with Gasteiger partial charge < -0.3 is 0 Å². The molecule has 0 radical (unpaired) electrons. The van der Waals surface area contributed by atoms with Crippen LogP contribution in [0, 0.1) is 23.5 Å². The zero-order valence-electron chi connectivity index (χ0n) is 23.0. The van der Waals surface area contributed by atoms with Gasteiger partial charge in [0.05, 0.1) is 35.3 Å². The predicted molar refractivity (Wildman–Crippen MR) is 154 cm³/mol. The molecule has 0 unspecified atom stereocenters. The summed E-state index contributed by atoms with van der Waals surface area (Å²) >= 11 is 0.